The number of halogens is 1. The topological polar surface area (TPSA) is 24.9 Å². The van der Waals surface area contributed by atoms with E-state index < -0.39 is 0 Å². The van der Waals surface area contributed by atoms with Gasteiger partial charge in [-0.15, -0.1) is 12.4 Å². The van der Waals surface area contributed by atoms with Gasteiger partial charge in [0.05, 0.1) is 5.52 Å². The molecular formula is C14H15ClN2. The van der Waals surface area contributed by atoms with Gasteiger partial charge in [-0.1, -0.05) is 6.07 Å². The molecule has 17 heavy (non-hydrogen) atoms. The largest absolute Gasteiger partial charge is 0.316 e. The summed E-state index contributed by atoms with van der Waals surface area (Å²) in [7, 11) is 0. The number of aromatic nitrogens is 1. The van der Waals surface area contributed by atoms with Crippen LogP contribution in [0.15, 0.2) is 30.5 Å². The Labute approximate surface area is 107 Å². The minimum Gasteiger partial charge on any atom is -0.316 e. The van der Waals surface area contributed by atoms with E-state index in [2.05, 4.69) is 28.5 Å². The smallest absolute Gasteiger partial charge is 0.0705 e. The van der Waals surface area contributed by atoms with Gasteiger partial charge in [0.25, 0.3) is 0 Å². The zero-order valence-electron chi connectivity index (χ0n) is 9.52. The standard InChI is InChI=1S/C14H14N2.ClH/c1-2-9-5-12-10-4-11(8-15-7-10)13(12)6-14(9)16-3-1;/h1-3,5-6,10-11,15H,4,7-8H2;1H. The number of rotatable bonds is 0. The van der Waals surface area contributed by atoms with Gasteiger partial charge in [0.2, 0.25) is 0 Å². The van der Waals surface area contributed by atoms with Crippen LogP contribution in [0.25, 0.3) is 10.9 Å². The summed E-state index contributed by atoms with van der Waals surface area (Å²) in [6.45, 7) is 2.29. The van der Waals surface area contributed by atoms with Crippen LogP contribution in [0.2, 0.25) is 0 Å². The summed E-state index contributed by atoms with van der Waals surface area (Å²) in [5.74, 6) is 1.46. The van der Waals surface area contributed by atoms with E-state index in [4.69, 9.17) is 0 Å². The molecule has 1 aliphatic carbocycles. The van der Waals surface area contributed by atoms with Crippen LogP contribution in [0.4, 0.5) is 0 Å². The molecule has 0 radical (unpaired) electrons. The number of hydrogen-bond donors (Lipinski definition) is 1. The molecule has 2 aromatic rings. The zero-order chi connectivity index (χ0) is 10.5. The molecule has 1 aliphatic heterocycles. The minimum absolute atomic E-state index is 0. The summed E-state index contributed by atoms with van der Waals surface area (Å²) in [5, 5.41) is 4.81. The summed E-state index contributed by atoms with van der Waals surface area (Å²) in [6.07, 6.45) is 3.21. The van der Waals surface area contributed by atoms with Crippen LogP contribution < -0.4 is 5.32 Å². The Morgan fingerprint density at radius 3 is 2.71 bits per heavy atom. The maximum atomic E-state index is 4.45. The van der Waals surface area contributed by atoms with Crippen LogP contribution in [-0.4, -0.2) is 18.1 Å². The van der Waals surface area contributed by atoms with Crippen molar-refractivity contribution in [1.82, 2.24) is 10.3 Å². The predicted molar refractivity (Wildman–Crippen MR) is 72.0 cm³/mol. The molecule has 2 unspecified atom stereocenters. The van der Waals surface area contributed by atoms with Crippen LogP contribution >= 0.6 is 12.4 Å². The average Bonchev–Trinajstić information content (AvgIpc) is 2.59. The molecule has 4 rings (SSSR count). The van der Waals surface area contributed by atoms with E-state index in [1.54, 1.807) is 11.1 Å². The number of piperidine rings is 1. The van der Waals surface area contributed by atoms with Crippen molar-refractivity contribution >= 4 is 23.3 Å². The Hall–Kier alpha value is -1.12. The van der Waals surface area contributed by atoms with Crippen molar-refractivity contribution in [1.29, 1.82) is 0 Å². The summed E-state index contributed by atoms with van der Waals surface area (Å²) in [5.41, 5.74) is 4.26. The van der Waals surface area contributed by atoms with E-state index in [-0.39, 0.29) is 12.4 Å². The quantitative estimate of drug-likeness (QED) is 0.773. The summed E-state index contributed by atoms with van der Waals surface area (Å²) in [4.78, 5) is 4.45. The Morgan fingerprint density at radius 2 is 1.88 bits per heavy atom. The number of benzene rings is 1. The van der Waals surface area contributed by atoms with E-state index in [1.165, 1.54) is 11.8 Å². The lowest BCUT2D eigenvalue weighted by atomic mass is 9.98. The fraction of sp³-hybridized carbons (Fsp3) is 0.357. The van der Waals surface area contributed by atoms with Gasteiger partial charge in [-0.05, 0) is 47.6 Å². The summed E-state index contributed by atoms with van der Waals surface area (Å²) >= 11 is 0. The number of nitrogens with zero attached hydrogens (tertiary/aromatic N) is 1. The van der Waals surface area contributed by atoms with Gasteiger partial charge in [0, 0.05) is 24.7 Å². The highest BCUT2D eigenvalue weighted by atomic mass is 35.5. The average molecular weight is 247 g/mol. The highest BCUT2D eigenvalue weighted by Gasteiger charge is 2.34. The van der Waals surface area contributed by atoms with Crippen LogP contribution in [0.3, 0.4) is 0 Å². The van der Waals surface area contributed by atoms with Gasteiger partial charge >= 0.3 is 0 Å². The zero-order valence-corrected chi connectivity index (χ0v) is 10.3. The minimum atomic E-state index is 0. The van der Waals surface area contributed by atoms with Gasteiger partial charge in [0.15, 0.2) is 0 Å². The molecule has 3 heteroatoms. The Bertz CT molecular complexity index is 519. The maximum absolute atomic E-state index is 4.45. The molecule has 2 heterocycles. The molecule has 88 valence electrons. The number of pyridine rings is 1. The van der Waals surface area contributed by atoms with Crippen molar-refractivity contribution in [3.63, 3.8) is 0 Å². The fourth-order valence-corrected chi connectivity index (χ4v) is 3.28. The Kier molecular flexibility index (Phi) is 2.57. The van der Waals surface area contributed by atoms with Gasteiger partial charge in [-0.3, -0.25) is 4.98 Å². The van der Waals surface area contributed by atoms with Crippen molar-refractivity contribution in [3.05, 3.63) is 41.6 Å². The van der Waals surface area contributed by atoms with Gasteiger partial charge in [-0.25, -0.2) is 0 Å². The predicted octanol–water partition coefficient (Wildman–Crippen LogP) is 2.83. The second kappa shape index (κ2) is 3.97. The van der Waals surface area contributed by atoms with Crippen molar-refractivity contribution in [2.45, 2.75) is 18.3 Å². The highest BCUT2D eigenvalue weighted by molar-refractivity contribution is 5.85. The molecule has 0 saturated carbocycles. The van der Waals surface area contributed by atoms with Crippen molar-refractivity contribution in [3.8, 4) is 0 Å². The molecule has 0 amide bonds. The molecule has 1 aromatic heterocycles. The first-order valence-electron chi connectivity index (χ1n) is 6.01. The first-order valence-corrected chi connectivity index (χ1v) is 6.01. The van der Waals surface area contributed by atoms with E-state index in [9.17, 15) is 0 Å². The molecule has 2 aliphatic rings. The number of hydrogen-bond acceptors (Lipinski definition) is 2. The molecule has 2 atom stereocenters. The molecule has 2 bridgehead atoms. The molecule has 1 saturated heterocycles. The lowest BCUT2D eigenvalue weighted by Gasteiger charge is -2.19. The molecule has 1 aromatic carbocycles. The maximum Gasteiger partial charge on any atom is 0.0705 e. The van der Waals surface area contributed by atoms with Gasteiger partial charge in [0.1, 0.15) is 0 Å². The molecule has 0 spiro atoms. The number of fused-ring (bicyclic) bond motifs is 6. The lowest BCUT2D eigenvalue weighted by molar-refractivity contribution is 0.454. The highest BCUT2D eigenvalue weighted by Crippen LogP contribution is 2.44. The van der Waals surface area contributed by atoms with Crippen LogP contribution in [0.5, 0.6) is 0 Å². The third kappa shape index (κ3) is 1.55. The second-order valence-electron chi connectivity index (χ2n) is 4.97. The third-order valence-electron chi connectivity index (χ3n) is 4.04. The van der Waals surface area contributed by atoms with E-state index in [1.807, 2.05) is 12.3 Å². The van der Waals surface area contributed by atoms with Crippen LogP contribution in [0, 0.1) is 0 Å². The Morgan fingerprint density at radius 1 is 1.12 bits per heavy atom. The fourth-order valence-electron chi connectivity index (χ4n) is 3.28. The van der Waals surface area contributed by atoms with Crippen molar-refractivity contribution in [2.24, 2.45) is 0 Å². The normalized spacial score (nSPS) is 25.4. The SMILES string of the molecule is Cl.c1cnc2cc3c(cc2c1)C1CNCC3C1. The molecule has 1 fully saturated rings. The molecular weight excluding hydrogens is 232 g/mol. The molecule has 2 nitrogen and oxygen atoms in total. The van der Waals surface area contributed by atoms with Gasteiger partial charge in [-0.2, -0.15) is 0 Å². The first kappa shape index (κ1) is 11.0. The second-order valence-corrected chi connectivity index (χ2v) is 4.97. The van der Waals surface area contributed by atoms with Crippen molar-refractivity contribution < 1.29 is 0 Å². The first-order chi connectivity index (χ1) is 7.92. The van der Waals surface area contributed by atoms with E-state index in [0.717, 1.165) is 30.4 Å². The van der Waals surface area contributed by atoms with E-state index >= 15 is 0 Å². The summed E-state index contributed by atoms with van der Waals surface area (Å²) in [6, 6.07) is 8.85. The van der Waals surface area contributed by atoms with Crippen LogP contribution in [0.1, 0.15) is 29.4 Å². The van der Waals surface area contributed by atoms with E-state index in [0.29, 0.717) is 0 Å². The monoisotopic (exact) mass is 246 g/mol. The Balaban J connectivity index is 0.000000902. The van der Waals surface area contributed by atoms with Crippen LogP contribution in [-0.2, 0) is 0 Å². The third-order valence-corrected chi connectivity index (χ3v) is 4.04. The number of nitrogens with one attached hydrogen (secondary N) is 1. The summed E-state index contributed by atoms with van der Waals surface area (Å²) < 4.78 is 0. The van der Waals surface area contributed by atoms with Gasteiger partial charge < -0.3 is 5.32 Å². The molecule has 1 N–H and O–H groups in total. The van der Waals surface area contributed by atoms with Crippen molar-refractivity contribution in [2.75, 3.05) is 13.1 Å². The lowest BCUT2D eigenvalue weighted by Crippen LogP contribution is -2.28.